The third-order valence-electron chi connectivity index (χ3n) is 3.63. The molecule has 0 saturated carbocycles. The Labute approximate surface area is 103 Å². The van der Waals surface area contributed by atoms with E-state index in [-0.39, 0.29) is 0 Å². The molecule has 2 rings (SSSR count). The number of aliphatic hydroxyl groups excluding tert-OH is 1. The molecule has 0 bridgehead atoms. The fourth-order valence-corrected chi connectivity index (χ4v) is 2.49. The summed E-state index contributed by atoms with van der Waals surface area (Å²) in [5.41, 5.74) is 1.33. The Balaban J connectivity index is 1.84. The van der Waals surface area contributed by atoms with E-state index in [0.717, 1.165) is 31.6 Å². The summed E-state index contributed by atoms with van der Waals surface area (Å²) < 4.78 is 5.14. The SMILES string of the molecule is COc1ccc(CCC2NCCC2CO)cc1. The van der Waals surface area contributed by atoms with Crippen LogP contribution in [0.25, 0.3) is 0 Å². The van der Waals surface area contributed by atoms with Gasteiger partial charge in [-0.2, -0.15) is 0 Å². The summed E-state index contributed by atoms with van der Waals surface area (Å²) in [5, 5.41) is 12.7. The van der Waals surface area contributed by atoms with Crippen molar-refractivity contribution in [3.05, 3.63) is 29.8 Å². The average Bonchev–Trinajstić information content (AvgIpc) is 2.84. The second-order valence-electron chi connectivity index (χ2n) is 4.68. The Bertz CT molecular complexity index is 337. The fourth-order valence-electron chi connectivity index (χ4n) is 2.49. The van der Waals surface area contributed by atoms with Crippen molar-refractivity contribution in [2.75, 3.05) is 20.3 Å². The second-order valence-corrected chi connectivity index (χ2v) is 4.68. The van der Waals surface area contributed by atoms with Crippen molar-refractivity contribution in [1.82, 2.24) is 5.32 Å². The second kappa shape index (κ2) is 6.03. The molecule has 1 fully saturated rings. The third-order valence-corrected chi connectivity index (χ3v) is 3.63. The minimum atomic E-state index is 0.306. The Morgan fingerprint density at radius 2 is 2.12 bits per heavy atom. The van der Waals surface area contributed by atoms with Gasteiger partial charge in [-0.3, -0.25) is 0 Å². The molecule has 2 atom stereocenters. The molecule has 0 aliphatic carbocycles. The molecule has 1 saturated heterocycles. The van der Waals surface area contributed by atoms with Crippen LogP contribution in [0.15, 0.2) is 24.3 Å². The quantitative estimate of drug-likeness (QED) is 0.814. The summed E-state index contributed by atoms with van der Waals surface area (Å²) in [6, 6.07) is 8.70. The zero-order valence-corrected chi connectivity index (χ0v) is 10.4. The van der Waals surface area contributed by atoms with Crippen LogP contribution in [0.3, 0.4) is 0 Å². The van der Waals surface area contributed by atoms with Crippen molar-refractivity contribution >= 4 is 0 Å². The van der Waals surface area contributed by atoms with Gasteiger partial charge in [-0.25, -0.2) is 0 Å². The van der Waals surface area contributed by atoms with Crippen LogP contribution >= 0.6 is 0 Å². The first-order chi connectivity index (χ1) is 8.33. The smallest absolute Gasteiger partial charge is 0.118 e. The van der Waals surface area contributed by atoms with Crippen molar-refractivity contribution < 1.29 is 9.84 Å². The van der Waals surface area contributed by atoms with Crippen LogP contribution in [-0.4, -0.2) is 31.4 Å². The summed E-state index contributed by atoms with van der Waals surface area (Å²) in [4.78, 5) is 0. The highest BCUT2D eigenvalue weighted by Crippen LogP contribution is 2.20. The van der Waals surface area contributed by atoms with Gasteiger partial charge < -0.3 is 15.2 Å². The molecule has 1 heterocycles. The molecule has 0 spiro atoms. The van der Waals surface area contributed by atoms with E-state index in [0.29, 0.717) is 18.6 Å². The van der Waals surface area contributed by atoms with Crippen LogP contribution in [0, 0.1) is 5.92 Å². The maximum absolute atomic E-state index is 9.25. The van der Waals surface area contributed by atoms with E-state index in [4.69, 9.17) is 4.74 Å². The van der Waals surface area contributed by atoms with Crippen LogP contribution in [0.5, 0.6) is 5.75 Å². The zero-order valence-electron chi connectivity index (χ0n) is 10.4. The molecule has 3 nitrogen and oxygen atoms in total. The molecule has 17 heavy (non-hydrogen) atoms. The molecular formula is C14H21NO2. The summed E-state index contributed by atoms with van der Waals surface area (Å²) in [5.74, 6) is 1.34. The topological polar surface area (TPSA) is 41.5 Å². The number of benzene rings is 1. The van der Waals surface area contributed by atoms with Gasteiger partial charge in [-0.05, 0) is 49.4 Å². The number of hydrogen-bond acceptors (Lipinski definition) is 3. The first-order valence-electron chi connectivity index (χ1n) is 6.30. The van der Waals surface area contributed by atoms with E-state index in [9.17, 15) is 5.11 Å². The molecular weight excluding hydrogens is 214 g/mol. The van der Waals surface area contributed by atoms with Crippen LogP contribution in [0.1, 0.15) is 18.4 Å². The summed E-state index contributed by atoms with van der Waals surface area (Å²) in [7, 11) is 1.68. The Morgan fingerprint density at radius 1 is 1.35 bits per heavy atom. The van der Waals surface area contributed by atoms with E-state index in [1.807, 2.05) is 12.1 Å². The Kier molecular flexibility index (Phi) is 4.40. The summed E-state index contributed by atoms with van der Waals surface area (Å²) >= 11 is 0. The third kappa shape index (κ3) is 3.20. The lowest BCUT2D eigenvalue weighted by Gasteiger charge is -2.17. The number of ether oxygens (including phenoxy) is 1. The van der Waals surface area contributed by atoms with Gasteiger partial charge in [0.2, 0.25) is 0 Å². The lowest BCUT2D eigenvalue weighted by atomic mass is 9.96. The molecule has 1 aromatic rings. The monoisotopic (exact) mass is 235 g/mol. The van der Waals surface area contributed by atoms with Crippen LogP contribution < -0.4 is 10.1 Å². The van der Waals surface area contributed by atoms with Gasteiger partial charge in [0.1, 0.15) is 5.75 Å². The zero-order chi connectivity index (χ0) is 12.1. The van der Waals surface area contributed by atoms with Crippen LogP contribution in [-0.2, 0) is 6.42 Å². The van der Waals surface area contributed by atoms with Crippen molar-refractivity contribution in [2.45, 2.75) is 25.3 Å². The first kappa shape index (κ1) is 12.4. The minimum Gasteiger partial charge on any atom is -0.497 e. The minimum absolute atomic E-state index is 0.306. The van der Waals surface area contributed by atoms with Gasteiger partial charge >= 0.3 is 0 Å². The molecule has 2 N–H and O–H groups in total. The number of aryl methyl sites for hydroxylation is 1. The van der Waals surface area contributed by atoms with E-state index >= 15 is 0 Å². The predicted octanol–water partition coefficient (Wildman–Crippen LogP) is 1.60. The lowest BCUT2D eigenvalue weighted by molar-refractivity contribution is 0.210. The van der Waals surface area contributed by atoms with Crippen molar-refractivity contribution in [2.24, 2.45) is 5.92 Å². The Morgan fingerprint density at radius 3 is 2.76 bits per heavy atom. The molecule has 1 aromatic carbocycles. The summed E-state index contributed by atoms with van der Waals surface area (Å²) in [6.45, 7) is 1.35. The number of nitrogens with one attached hydrogen (secondary N) is 1. The lowest BCUT2D eigenvalue weighted by Crippen LogP contribution is -2.29. The molecule has 0 aromatic heterocycles. The van der Waals surface area contributed by atoms with Crippen LogP contribution in [0.4, 0.5) is 0 Å². The maximum atomic E-state index is 9.25. The van der Waals surface area contributed by atoms with Crippen LogP contribution in [0.2, 0.25) is 0 Å². The number of aliphatic hydroxyl groups is 1. The maximum Gasteiger partial charge on any atom is 0.118 e. The van der Waals surface area contributed by atoms with E-state index in [1.54, 1.807) is 7.11 Å². The fraction of sp³-hybridized carbons (Fsp3) is 0.571. The van der Waals surface area contributed by atoms with Crippen molar-refractivity contribution in [3.8, 4) is 5.75 Å². The van der Waals surface area contributed by atoms with Gasteiger partial charge in [0.05, 0.1) is 7.11 Å². The predicted molar refractivity (Wildman–Crippen MR) is 68.3 cm³/mol. The molecule has 0 amide bonds. The summed E-state index contributed by atoms with van der Waals surface area (Å²) in [6.07, 6.45) is 3.25. The average molecular weight is 235 g/mol. The van der Waals surface area contributed by atoms with Gasteiger partial charge in [-0.1, -0.05) is 12.1 Å². The van der Waals surface area contributed by atoms with Gasteiger partial charge in [0, 0.05) is 12.6 Å². The van der Waals surface area contributed by atoms with Crippen molar-refractivity contribution in [3.63, 3.8) is 0 Å². The van der Waals surface area contributed by atoms with E-state index in [2.05, 4.69) is 17.4 Å². The van der Waals surface area contributed by atoms with Gasteiger partial charge in [-0.15, -0.1) is 0 Å². The molecule has 94 valence electrons. The van der Waals surface area contributed by atoms with E-state index in [1.165, 1.54) is 5.56 Å². The molecule has 1 aliphatic heterocycles. The normalized spacial score (nSPS) is 23.9. The van der Waals surface area contributed by atoms with Crippen molar-refractivity contribution in [1.29, 1.82) is 0 Å². The highest BCUT2D eigenvalue weighted by atomic mass is 16.5. The highest BCUT2D eigenvalue weighted by molar-refractivity contribution is 5.27. The van der Waals surface area contributed by atoms with Gasteiger partial charge in [0.25, 0.3) is 0 Å². The van der Waals surface area contributed by atoms with E-state index < -0.39 is 0 Å². The standard InChI is InChI=1S/C14H21NO2/c1-17-13-5-2-11(3-6-13)4-7-14-12(10-16)8-9-15-14/h2-3,5-6,12,14-16H,4,7-10H2,1H3. The number of methoxy groups -OCH3 is 1. The number of rotatable bonds is 5. The largest absolute Gasteiger partial charge is 0.497 e. The molecule has 2 unspecified atom stereocenters. The molecule has 1 aliphatic rings. The van der Waals surface area contributed by atoms with Gasteiger partial charge in [0.15, 0.2) is 0 Å². The highest BCUT2D eigenvalue weighted by Gasteiger charge is 2.25. The first-order valence-corrected chi connectivity index (χ1v) is 6.30. The molecule has 3 heteroatoms. The number of hydrogen-bond donors (Lipinski definition) is 2. The Hall–Kier alpha value is -1.06. The molecule has 0 radical (unpaired) electrons.